The highest BCUT2D eigenvalue weighted by Crippen LogP contribution is 2.28. The van der Waals surface area contributed by atoms with E-state index >= 15 is 0 Å². The number of benzene rings is 3. The molecule has 0 saturated carbocycles. The molecule has 2 amide bonds. The molecular formula is C31H38BrN3O4S. The van der Waals surface area contributed by atoms with Crippen LogP contribution in [0, 0.1) is 20.8 Å². The number of hydrogen-bond donors (Lipinski definition) is 1. The van der Waals surface area contributed by atoms with Crippen molar-refractivity contribution < 1.29 is 18.0 Å². The van der Waals surface area contributed by atoms with Crippen LogP contribution in [0.3, 0.4) is 0 Å². The van der Waals surface area contributed by atoms with Gasteiger partial charge in [-0.05, 0) is 82.5 Å². The summed E-state index contributed by atoms with van der Waals surface area (Å²) < 4.78 is 30.0. The summed E-state index contributed by atoms with van der Waals surface area (Å²) in [4.78, 5) is 28.7. The minimum Gasteiger partial charge on any atom is -0.352 e. The van der Waals surface area contributed by atoms with E-state index < -0.39 is 28.5 Å². The van der Waals surface area contributed by atoms with Crippen LogP contribution in [0.25, 0.3) is 0 Å². The molecule has 214 valence electrons. The molecule has 0 aliphatic rings. The molecule has 1 N–H and O–H groups in total. The van der Waals surface area contributed by atoms with E-state index in [1.165, 1.54) is 4.90 Å². The van der Waals surface area contributed by atoms with E-state index in [1.54, 1.807) is 37.3 Å². The standard InChI is InChI=1S/C31H38BrN3O4S/c1-7-24(5)33-31(37)25(6)34(19-26-11-13-27(32)14-12-26)30(36)20-35(29-17-10-22(3)18-23(29)4)40(38,39)28-15-8-21(2)9-16-28/h8-18,24-25H,7,19-20H2,1-6H3,(H,33,37). The Morgan fingerprint density at radius 1 is 0.900 bits per heavy atom. The van der Waals surface area contributed by atoms with Gasteiger partial charge in [0.15, 0.2) is 0 Å². The molecule has 2 unspecified atom stereocenters. The second-order valence-corrected chi connectivity index (χ2v) is 13.0. The lowest BCUT2D eigenvalue weighted by Gasteiger charge is -2.33. The fourth-order valence-corrected chi connectivity index (χ4v) is 6.01. The largest absolute Gasteiger partial charge is 0.352 e. The Labute approximate surface area is 246 Å². The minimum atomic E-state index is -4.10. The van der Waals surface area contributed by atoms with Gasteiger partial charge in [-0.2, -0.15) is 0 Å². The normalized spacial score (nSPS) is 12.9. The summed E-state index contributed by atoms with van der Waals surface area (Å²) >= 11 is 3.43. The summed E-state index contributed by atoms with van der Waals surface area (Å²) in [7, 11) is -4.10. The van der Waals surface area contributed by atoms with Crippen LogP contribution in [0.4, 0.5) is 5.69 Å². The van der Waals surface area contributed by atoms with Crippen LogP contribution in [0.2, 0.25) is 0 Å². The van der Waals surface area contributed by atoms with Gasteiger partial charge in [-0.3, -0.25) is 13.9 Å². The van der Waals surface area contributed by atoms with Crippen molar-refractivity contribution in [3.8, 4) is 0 Å². The molecule has 7 nitrogen and oxygen atoms in total. The quantitative estimate of drug-likeness (QED) is 0.287. The van der Waals surface area contributed by atoms with Gasteiger partial charge in [-0.1, -0.05) is 70.4 Å². The highest BCUT2D eigenvalue weighted by molar-refractivity contribution is 9.10. The predicted octanol–water partition coefficient (Wildman–Crippen LogP) is 5.90. The van der Waals surface area contributed by atoms with Crippen LogP contribution in [0.15, 0.2) is 76.1 Å². The number of amides is 2. The van der Waals surface area contributed by atoms with Crippen molar-refractivity contribution in [2.75, 3.05) is 10.8 Å². The van der Waals surface area contributed by atoms with Crippen LogP contribution >= 0.6 is 15.9 Å². The molecule has 2 atom stereocenters. The Balaban J connectivity index is 2.05. The van der Waals surface area contributed by atoms with E-state index in [0.717, 1.165) is 37.5 Å². The van der Waals surface area contributed by atoms with Crippen LogP contribution in [-0.2, 0) is 26.2 Å². The Bertz CT molecular complexity index is 1440. The number of nitrogens with zero attached hydrogens (tertiary/aromatic N) is 2. The highest BCUT2D eigenvalue weighted by Gasteiger charge is 2.33. The maximum atomic E-state index is 14.0. The lowest BCUT2D eigenvalue weighted by atomic mass is 10.1. The average molecular weight is 629 g/mol. The molecule has 3 aromatic carbocycles. The number of sulfonamides is 1. The number of aryl methyl sites for hydroxylation is 3. The average Bonchev–Trinajstić information content (AvgIpc) is 2.91. The number of carbonyl (C=O) groups excluding carboxylic acids is 2. The fourth-order valence-electron chi connectivity index (χ4n) is 4.27. The van der Waals surface area contributed by atoms with Crippen molar-refractivity contribution in [1.82, 2.24) is 10.2 Å². The van der Waals surface area contributed by atoms with Crippen LogP contribution in [0.5, 0.6) is 0 Å². The number of carbonyl (C=O) groups is 2. The number of rotatable bonds is 11. The number of nitrogens with one attached hydrogen (secondary N) is 1. The van der Waals surface area contributed by atoms with Gasteiger partial charge in [-0.15, -0.1) is 0 Å². The summed E-state index contributed by atoms with van der Waals surface area (Å²) in [6.45, 7) is 10.9. The second-order valence-electron chi connectivity index (χ2n) is 10.3. The van der Waals surface area contributed by atoms with Gasteiger partial charge in [0.05, 0.1) is 10.6 Å². The summed E-state index contributed by atoms with van der Waals surface area (Å²) in [5, 5.41) is 2.95. The van der Waals surface area contributed by atoms with E-state index in [0.29, 0.717) is 5.69 Å². The number of halogens is 1. The third-order valence-electron chi connectivity index (χ3n) is 6.94. The van der Waals surface area contributed by atoms with Crippen LogP contribution in [0.1, 0.15) is 49.4 Å². The van der Waals surface area contributed by atoms with E-state index in [2.05, 4.69) is 21.2 Å². The SMILES string of the molecule is CCC(C)NC(=O)C(C)N(Cc1ccc(Br)cc1)C(=O)CN(c1ccc(C)cc1C)S(=O)(=O)c1ccc(C)cc1. The molecule has 3 rings (SSSR count). The first-order valence-corrected chi connectivity index (χ1v) is 15.6. The smallest absolute Gasteiger partial charge is 0.264 e. The first kappa shape index (κ1) is 31.4. The van der Waals surface area contributed by atoms with Crippen molar-refractivity contribution in [2.45, 2.75) is 71.5 Å². The summed E-state index contributed by atoms with van der Waals surface area (Å²) in [5.41, 5.74) is 3.87. The van der Waals surface area contributed by atoms with Gasteiger partial charge in [-0.25, -0.2) is 8.42 Å². The predicted molar refractivity (Wildman–Crippen MR) is 164 cm³/mol. The van der Waals surface area contributed by atoms with E-state index in [1.807, 2.05) is 71.0 Å². The van der Waals surface area contributed by atoms with Gasteiger partial charge in [0, 0.05) is 17.1 Å². The van der Waals surface area contributed by atoms with Gasteiger partial charge < -0.3 is 10.2 Å². The van der Waals surface area contributed by atoms with Crippen molar-refractivity contribution in [1.29, 1.82) is 0 Å². The minimum absolute atomic E-state index is 0.0618. The molecule has 0 spiro atoms. The van der Waals surface area contributed by atoms with Crippen LogP contribution in [-0.4, -0.2) is 43.8 Å². The Kier molecular flexibility index (Phi) is 10.6. The lowest BCUT2D eigenvalue weighted by Crippen LogP contribution is -2.52. The Morgan fingerprint density at radius 3 is 2.08 bits per heavy atom. The monoisotopic (exact) mass is 627 g/mol. The molecular weight excluding hydrogens is 590 g/mol. The third kappa shape index (κ3) is 7.73. The molecule has 3 aromatic rings. The molecule has 0 bridgehead atoms. The zero-order chi connectivity index (χ0) is 29.6. The fraction of sp³-hybridized carbons (Fsp3) is 0.355. The Hall–Kier alpha value is -3.17. The summed E-state index contributed by atoms with van der Waals surface area (Å²) in [5.74, 6) is -0.773. The second kappa shape index (κ2) is 13.5. The first-order valence-electron chi connectivity index (χ1n) is 13.3. The maximum absolute atomic E-state index is 14.0. The molecule has 40 heavy (non-hydrogen) atoms. The number of anilines is 1. The third-order valence-corrected chi connectivity index (χ3v) is 9.25. The summed E-state index contributed by atoms with van der Waals surface area (Å²) in [6.07, 6.45) is 0.744. The van der Waals surface area contributed by atoms with Gasteiger partial charge in [0.2, 0.25) is 11.8 Å². The first-order chi connectivity index (χ1) is 18.8. The zero-order valence-electron chi connectivity index (χ0n) is 23.9. The topological polar surface area (TPSA) is 86.8 Å². The van der Waals surface area contributed by atoms with E-state index in [9.17, 15) is 18.0 Å². The van der Waals surface area contributed by atoms with Gasteiger partial charge in [0.1, 0.15) is 12.6 Å². The molecule has 0 aliphatic heterocycles. The van der Waals surface area contributed by atoms with Crippen molar-refractivity contribution in [3.63, 3.8) is 0 Å². The van der Waals surface area contributed by atoms with Crippen LogP contribution < -0.4 is 9.62 Å². The molecule has 0 aliphatic carbocycles. The molecule has 9 heteroatoms. The maximum Gasteiger partial charge on any atom is 0.264 e. The highest BCUT2D eigenvalue weighted by atomic mass is 79.9. The molecule has 0 heterocycles. The number of hydrogen-bond acceptors (Lipinski definition) is 4. The van der Waals surface area contributed by atoms with Crippen molar-refractivity contribution in [2.24, 2.45) is 0 Å². The molecule has 0 aromatic heterocycles. The zero-order valence-corrected chi connectivity index (χ0v) is 26.3. The molecule has 0 radical (unpaired) electrons. The van der Waals surface area contributed by atoms with Gasteiger partial charge >= 0.3 is 0 Å². The van der Waals surface area contributed by atoms with E-state index in [4.69, 9.17) is 0 Å². The molecule has 0 fully saturated rings. The lowest BCUT2D eigenvalue weighted by molar-refractivity contribution is -0.139. The van der Waals surface area contributed by atoms with Crippen molar-refractivity contribution >= 4 is 43.5 Å². The summed E-state index contributed by atoms with van der Waals surface area (Å²) in [6, 6.07) is 18.6. The van der Waals surface area contributed by atoms with Crippen molar-refractivity contribution in [3.05, 3.63) is 93.5 Å². The van der Waals surface area contributed by atoms with Gasteiger partial charge in [0.25, 0.3) is 10.0 Å². The molecule has 0 saturated heterocycles. The van der Waals surface area contributed by atoms with E-state index in [-0.39, 0.29) is 23.4 Å². The Morgan fingerprint density at radius 2 is 1.50 bits per heavy atom.